The summed E-state index contributed by atoms with van der Waals surface area (Å²) in [4.78, 5) is 11.9. The first kappa shape index (κ1) is 15.2. The molecule has 4 aliphatic rings. The molecule has 0 aromatic rings. The van der Waals surface area contributed by atoms with Gasteiger partial charge in [0, 0.05) is 6.42 Å². The predicted octanol–water partition coefficient (Wildman–Crippen LogP) is 4.68. The largest absolute Gasteiger partial charge is 0.295 e. The normalized spacial score (nSPS) is 48.5. The minimum absolute atomic E-state index is 0.211. The van der Waals surface area contributed by atoms with Gasteiger partial charge in [-0.3, -0.25) is 4.79 Å². The van der Waals surface area contributed by atoms with Gasteiger partial charge in [-0.1, -0.05) is 18.6 Å². The number of rotatable bonds is 1. The molecule has 3 fully saturated rings. The van der Waals surface area contributed by atoms with Gasteiger partial charge in [-0.05, 0) is 79.6 Å². The van der Waals surface area contributed by atoms with Gasteiger partial charge in [0.15, 0.2) is 5.78 Å². The van der Waals surface area contributed by atoms with Gasteiger partial charge in [0.05, 0.1) is 12.0 Å². The summed E-state index contributed by atoms with van der Waals surface area (Å²) in [5, 5.41) is 9.59. The highest BCUT2D eigenvalue weighted by Gasteiger charge is 2.58. The summed E-state index contributed by atoms with van der Waals surface area (Å²) in [6.45, 7) is 6.51. The Kier molecular flexibility index (Phi) is 3.52. The second-order valence-corrected chi connectivity index (χ2v) is 8.59. The molecule has 0 N–H and O–H groups in total. The van der Waals surface area contributed by atoms with Crippen LogP contribution in [0.2, 0.25) is 0 Å². The Morgan fingerprint density at radius 3 is 2.91 bits per heavy atom. The number of carbonyl (C=O) groups excluding carboxylic acids is 1. The van der Waals surface area contributed by atoms with E-state index in [9.17, 15) is 10.1 Å². The average Bonchev–Trinajstić information content (AvgIpc) is 2.89. The van der Waals surface area contributed by atoms with E-state index >= 15 is 0 Å². The Balaban J connectivity index is 1.71. The lowest BCUT2D eigenvalue weighted by Crippen LogP contribution is -2.49. The summed E-state index contributed by atoms with van der Waals surface area (Å²) < 4.78 is 0. The van der Waals surface area contributed by atoms with Gasteiger partial charge < -0.3 is 0 Å². The number of ketones is 1. The highest BCUT2D eigenvalue weighted by Crippen LogP contribution is 2.64. The average molecular weight is 309 g/mol. The summed E-state index contributed by atoms with van der Waals surface area (Å²) in [5.74, 6) is 3.75. The van der Waals surface area contributed by atoms with Crippen LogP contribution in [0.25, 0.3) is 0 Å². The van der Waals surface area contributed by atoms with Gasteiger partial charge in [0.25, 0.3) is 0 Å². The molecule has 0 aromatic carbocycles. The third kappa shape index (κ3) is 2.09. The van der Waals surface area contributed by atoms with Crippen LogP contribution in [0.3, 0.4) is 0 Å². The van der Waals surface area contributed by atoms with Gasteiger partial charge in [-0.25, -0.2) is 0 Å². The minimum Gasteiger partial charge on any atom is -0.295 e. The minimum atomic E-state index is 0.211. The SMILES string of the molecule is C=CC1CC2=CC(=O)CCC2C2CCC3(C)C(C#N)CCC3C12. The Morgan fingerprint density at radius 1 is 1.35 bits per heavy atom. The molecule has 0 saturated heterocycles. The molecule has 4 aliphatic carbocycles. The maximum absolute atomic E-state index is 11.9. The van der Waals surface area contributed by atoms with Crippen molar-refractivity contribution in [1.82, 2.24) is 0 Å². The molecule has 2 heteroatoms. The molecule has 122 valence electrons. The van der Waals surface area contributed by atoms with Crippen LogP contribution >= 0.6 is 0 Å². The lowest BCUT2D eigenvalue weighted by molar-refractivity contribution is -0.116. The first-order chi connectivity index (χ1) is 11.1. The van der Waals surface area contributed by atoms with E-state index < -0.39 is 0 Å². The molecule has 7 atom stereocenters. The molecular weight excluding hydrogens is 282 g/mol. The molecule has 4 rings (SSSR count). The van der Waals surface area contributed by atoms with E-state index in [0.717, 1.165) is 25.7 Å². The van der Waals surface area contributed by atoms with E-state index in [2.05, 4.69) is 25.6 Å². The third-order valence-electron chi connectivity index (χ3n) is 7.85. The number of carbonyl (C=O) groups is 1. The highest BCUT2D eigenvalue weighted by molar-refractivity contribution is 5.91. The number of hydrogen-bond donors (Lipinski definition) is 0. The topological polar surface area (TPSA) is 40.9 Å². The molecular formula is C21H27NO. The molecule has 23 heavy (non-hydrogen) atoms. The van der Waals surface area contributed by atoms with Crippen LogP contribution in [0.4, 0.5) is 0 Å². The lowest BCUT2D eigenvalue weighted by Gasteiger charge is -2.55. The fourth-order valence-electron chi connectivity index (χ4n) is 6.74. The van der Waals surface area contributed by atoms with Crippen LogP contribution in [0.15, 0.2) is 24.3 Å². The van der Waals surface area contributed by atoms with Crippen LogP contribution in [0.5, 0.6) is 0 Å². The lowest BCUT2D eigenvalue weighted by atomic mass is 9.49. The third-order valence-corrected chi connectivity index (χ3v) is 7.85. The molecule has 0 spiro atoms. The Labute approximate surface area is 139 Å². The van der Waals surface area contributed by atoms with Crippen molar-refractivity contribution in [3.05, 3.63) is 24.3 Å². The van der Waals surface area contributed by atoms with Gasteiger partial charge in [-0.2, -0.15) is 5.26 Å². The summed E-state index contributed by atoms with van der Waals surface area (Å²) in [6.07, 6.45) is 11.7. The second-order valence-electron chi connectivity index (χ2n) is 8.59. The molecule has 0 radical (unpaired) electrons. The molecule has 3 saturated carbocycles. The van der Waals surface area contributed by atoms with E-state index in [1.807, 2.05) is 6.08 Å². The van der Waals surface area contributed by atoms with Crippen molar-refractivity contribution >= 4 is 5.78 Å². The van der Waals surface area contributed by atoms with Crippen molar-refractivity contribution in [3.63, 3.8) is 0 Å². The summed E-state index contributed by atoms with van der Waals surface area (Å²) in [6, 6.07) is 2.61. The van der Waals surface area contributed by atoms with Crippen molar-refractivity contribution in [1.29, 1.82) is 5.26 Å². The molecule has 7 unspecified atom stereocenters. The first-order valence-electron chi connectivity index (χ1n) is 9.34. The molecule has 2 nitrogen and oxygen atoms in total. The Hall–Kier alpha value is -1.36. The van der Waals surface area contributed by atoms with Crippen LogP contribution in [-0.4, -0.2) is 5.78 Å². The molecule has 0 bridgehead atoms. The van der Waals surface area contributed by atoms with Gasteiger partial charge in [0.2, 0.25) is 0 Å². The molecule has 0 amide bonds. The van der Waals surface area contributed by atoms with Gasteiger partial charge in [0.1, 0.15) is 0 Å². The number of nitrogens with zero attached hydrogens (tertiary/aromatic N) is 1. The maximum atomic E-state index is 11.9. The number of nitriles is 1. The number of hydrogen-bond acceptors (Lipinski definition) is 2. The second kappa shape index (κ2) is 5.33. The van der Waals surface area contributed by atoms with E-state index in [0.29, 0.717) is 35.4 Å². The van der Waals surface area contributed by atoms with Crippen LogP contribution in [-0.2, 0) is 4.79 Å². The van der Waals surface area contributed by atoms with Crippen LogP contribution < -0.4 is 0 Å². The van der Waals surface area contributed by atoms with Crippen molar-refractivity contribution in [2.75, 3.05) is 0 Å². The fourth-order valence-corrected chi connectivity index (χ4v) is 6.74. The number of fused-ring (bicyclic) bond motifs is 5. The monoisotopic (exact) mass is 309 g/mol. The predicted molar refractivity (Wildman–Crippen MR) is 90.3 cm³/mol. The van der Waals surface area contributed by atoms with Crippen molar-refractivity contribution in [2.45, 2.75) is 51.9 Å². The highest BCUT2D eigenvalue weighted by atomic mass is 16.1. The Morgan fingerprint density at radius 2 is 2.17 bits per heavy atom. The molecule has 0 aromatic heterocycles. The van der Waals surface area contributed by atoms with Crippen molar-refractivity contribution < 1.29 is 4.79 Å². The molecule has 0 heterocycles. The van der Waals surface area contributed by atoms with E-state index in [1.165, 1.54) is 24.8 Å². The maximum Gasteiger partial charge on any atom is 0.155 e. The van der Waals surface area contributed by atoms with Gasteiger partial charge in [-0.15, -0.1) is 6.58 Å². The number of allylic oxidation sites excluding steroid dienone is 2. The fraction of sp³-hybridized carbons (Fsp3) is 0.714. The zero-order valence-electron chi connectivity index (χ0n) is 14.1. The summed E-state index contributed by atoms with van der Waals surface area (Å²) >= 11 is 0. The summed E-state index contributed by atoms with van der Waals surface area (Å²) in [5.41, 5.74) is 1.62. The van der Waals surface area contributed by atoms with Crippen molar-refractivity contribution in [3.8, 4) is 6.07 Å². The smallest absolute Gasteiger partial charge is 0.155 e. The quantitative estimate of drug-likeness (QED) is 0.660. The standard InChI is InChI=1S/C21H27NO/c1-3-13-10-14-11-16(23)5-6-17(14)18-8-9-21(2)15(12-22)4-7-19(21)20(13)18/h3,11,13,15,17-20H,1,4-10H2,2H3. The Bertz CT molecular complexity index is 612. The summed E-state index contributed by atoms with van der Waals surface area (Å²) in [7, 11) is 0. The van der Waals surface area contributed by atoms with E-state index in [4.69, 9.17) is 0 Å². The van der Waals surface area contributed by atoms with E-state index in [-0.39, 0.29) is 11.3 Å². The van der Waals surface area contributed by atoms with Gasteiger partial charge >= 0.3 is 0 Å². The zero-order chi connectivity index (χ0) is 16.2. The van der Waals surface area contributed by atoms with E-state index in [1.54, 1.807) is 0 Å². The molecule has 0 aliphatic heterocycles. The van der Waals surface area contributed by atoms with Crippen LogP contribution in [0.1, 0.15) is 51.9 Å². The zero-order valence-corrected chi connectivity index (χ0v) is 14.1. The van der Waals surface area contributed by atoms with Crippen LogP contribution in [0, 0.1) is 52.3 Å². The first-order valence-corrected chi connectivity index (χ1v) is 9.34. The van der Waals surface area contributed by atoms with Crippen molar-refractivity contribution in [2.24, 2.45) is 40.9 Å².